The van der Waals surface area contributed by atoms with Gasteiger partial charge in [0.2, 0.25) is 5.82 Å². The molecule has 1 aromatic carbocycles. The van der Waals surface area contributed by atoms with E-state index in [1.807, 2.05) is 4.68 Å². The van der Waals surface area contributed by atoms with Gasteiger partial charge in [0, 0.05) is 18.2 Å². The average molecular weight is 495 g/mol. The Morgan fingerprint density at radius 2 is 1.56 bits per heavy atom. The van der Waals surface area contributed by atoms with E-state index in [0.29, 0.717) is 18.8 Å². The lowest BCUT2D eigenvalue weighted by molar-refractivity contribution is -0.145. The molecule has 2 saturated carbocycles. The Morgan fingerprint density at radius 1 is 0.972 bits per heavy atom. The molecule has 0 radical (unpaired) electrons. The van der Waals surface area contributed by atoms with Crippen LogP contribution >= 0.6 is 0 Å². The molecule has 0 spiro atoms. The highest BCUT2D eigenvalue weighted by molar-refractivity contribution is 5.91. The maximum atomic E-state index is 13.1. The van der Waals surface area contributed by atoms with Crippen molar-refractivity contribution in [1.29, 1.82) is 0 Å². The van der Waals surface area contributed by atoms with Gasteiger partial charge in [-0.2, -0.15) is 0 Å². The lowest BCUT2D eigenvalue weighted by Gasteiger charge is -2.32. The minimum Gasteiger partial charge on any atom is -0.481 e. The number of hydrogen-bond acceptors (Lipinski definition) is 4. The monoisotopic (exact) mass is 494 g/mol. The van der Waals surface area contributed by atoms with E-state index in [0.717, 1.165) is 17.9 Å². The van der Waals surface area contributed by atoms with E-state index in [-0.39, 0.29) is 34.5 Å². The van der Waals surface area contributed by atoms with Crippen molar-refractivity contribution in [2.45, 2.75) is 110 Å². The van der Waals surface area contributed by atoms with Crippen molar-refractivity contribution in [2.24, 2.45) is 11.8 Å². The minimum atomic E-state index is -0.800. The second-order valence-electron chi connectivity index (χ2n) is 12.9. The maximum absolute atomic E-state index is 13.1. The van der Waals surface area contributed by atoms with Gasteiger partial charge in [0.15, 0.2) is 5.82 Å². The number of rotatable bonds is 6. The smallest absolute Gasteiger partial charge is 0.306 e. The molecule has 2 fully saturated rings. The SMILES string of the molecule is CC(C)(C)c1cc(-c2nc(C(=O)NC3CC(C(=O)O)C3)nn2CC2CCCCC2)cc(C(C)(C)C)c1. The Morgan fingerprint density at radius 3 is 2.08 bits per heavy atom. The average Bonchev–Trinajstić information content (AvgIpc) is 3.18. The Labute approximate surface area is 215 Å². The molecule has 2 N–H and O–H groups in total. The van der Waals surface area contributed by atoms with E-state index in [4.69, 9.17) is 15.2 Å². The molecule has 2 aliphatic carbocycles. The van der Waals surface area contributed by atoms with Gasteiger partial charge in [-0.15, -0.1) is 5.10 Å². The van der Waals surface area contributed by atoms with E-state index < -0.39 is 5.97 Å². The van der Waals surface area contributed by atoms with Crippen molar-refractivity contribution in [3.8, 4) is 11.4 Å². The van der Waals surface area contributed by atoms with Crippen LogP contribution in [0.15, 0.2) is 18.2 Å². The van der Waals surface area contributed by atoms with Crippen LogP contribution in [0.25, 0.3) is 11.4 Å². The molecule has 1 aromatic heterocycles. The fourth-order valence-electron chi connectivity index (χ4n) is 5.20. The van der Waals surface area contributed by atoms with Crippen LogP contribution in [0.1, 0.15) is 108 Å². The lowest BCUT2D eigenvalue weighted by atomic mass is 9.79. The number of carbonyl (C=O) groups excluding carboxylic acids is 1. The van der Waals surface area contributed by atoms with Gasteiger partial charge in [-0.3, -0.25) is 9.59 Å². The highest BCUT2D eigenvalue weighted by atomic mass is 16.4. The van der Waals surface area contributed by atoms with Crippen LogP contribution in [0, 0.1) is 11.8 Å². The molecule has 4 rings (SSSR count). The van der Waals surface area contributed by atoms with E-state index in [1.165, 1.54) is 43.2 Å². The third-order valence-corrected chi connectivity index (χ3v) is 7.78. The normalized spacial score (nSPS) is 21.2. The number of benzene rings is 1. The van der Waals surface area contributed by atoms with Crippen molar-refractivity contribution in [1.82, 2.24) is 20.1 Å². The summed E-state index contributed by atoms with van der Waals surface area (Å²) >= 11 is 0. The lowest BCUT2D eigenvalue weighted by Crippen LogP contribution is -2.47. The van der Waals surface area contributed by atoms with Crippen molar-refractivity contribution in [3.05, 3.63) is 35.2 Å². The first kappa shape index (κ1) is 26.4. The summed E-state index contributed by atoms with van der Waals surface area (Å²) in [6, 6.07) is 6.54. The van der Waals surface area contributed by atoms with Crippen molar-refractivity contribution < 1.29 is 14.7 Å². The van der Waals surface area contributed by atoms with Crippen LogP contribution in [0.4, 0.5) is 0 Å². The number of nitrogens with zero attached hydrogens (tertiary/aromatic N) is 3. The van der Waals surface area contributed by atoms with Gasteiger partial charge >= 0.3 is 5.97 Å². The molecule has 1 heterocycles. The number of nitrogens with one attached hydrogen (secondary N) is 1. The summed E-state index contributed by atoms with van der Waals surface area (Å²) in [6.07, 6.45) is 7.03. The second kappa shape index (κ2) is 9.98. The first-order valence-electron chi connectivity index (χ1n) is 13.5. The van der Waals surface area contributed by atoms with Crippen LogP contribution in [-0.4, -0.2) is 37.8 Å². The molecule has 1 amide bonds. The summed E-state index contributed by atoms with van der Waals surface area (Å²) in [7, 11) is 0. The fraction of sp³-hybridized carbons (Fsp3) is 0.655. The third-order valence-electron chi connectivity index (χ3n) is 7.78. The summed E-state index contributed by atoms with van der Waals surface area (Å²) in [6.45, 7) is 14.0. The number of aliphatic carboxylic acids is 1. The van der Waals surface area contributed by atoms with Crippen molar-refractivity contribution in [3.63, 3.8) is 0 Å². The predicted octanol–water partition coefficient (Wildman–Crippen LogP) is 5.71. The summed E-state index contributed by atoms with van der Waals surface area (Å²) < 4.78 is 1.94. The quantitative estimate of drug-likeness (QED) is 0.536. The molecule has 2 aromatic rings. The van der Waals surface area contributed by atoms with Gasteiger partial charge in [0.25, 0.3) is 5.91 Å². The first-order chi connectivity index (χ1) is 16.8. The van der Waals surface area contributed by atoms with Gasteiger partial charge in [-0.25, -0.2) is 9.67 Å². The Balaban J connectivity index is 1.69. The Hall–Kier alpha value is -2.70. The van der Waals surface area contributed by atoms with E-state index in [2.05, 4.69) is 65.1 Å². The van der Waals surface area contributed by atoms with Crippen LogP contribution < -0.4 is 5.32 Å². The molecule has 0 atom stereocenters. The molecule has 0 bridgehead atoms. The van der Waals surface area contributed by atoms with Gasteiger partial charge < -0.3 is 10.4 Å². The zero-order valence-corrected chi connectivity index (χ0v) is 22.7. The van der Waals surface area contributed by atoms with Gasteiger partial charge in [-0.05, 0) is 65.7 Å². The van der Waals surface area contributed by atoms with Crippen molar-refractivity contribution in [2.75, 3.05) is 0 Å². The first-order valence-corrected chi connectivity index (χ1v) is 13.5. The summed E-state index contributed by atoms with van der Waals surface area (Å²) in [4.78, 5) is 29.0. The van der Waals surface area contributed by atoms with Crippen LogP contribution in [0.5, 0.6) is 0 Å². The van der Waals surface area contributed by atoms with Gasteiger partial charge in [0.1, 0.15) is 0 Å². The molecule has 36 heavy (non-hydrogen) atoms. The molecule has 0 saturated heterocycles. The topological polar surface area (TPSA) is 97.1 Å². The van der Waals surface area contributed by atoms with Crippen LogP contribution in [0.3, 0.4) is 0 Å². The number of amides is 1. The highest BCUT2D eigenvalue weighted by Gasteiger charge is 2.36. The number of carboxylic acids is 1. The van der Waals surface area contributed by atoms with E-state index >= 15 is 0 Å². The molecular formula is C29H42N4O3. The Kier molecular flexibility index (Phi) is 7.31. The minimum absolute atomic E-state index is 0.0324. The summed E-state index contributed by atoms with van der Waals surface area (Å²) in [5, 5.41) is 16.8. The highest BCUT2D eigenvalue weighted by Crippen LogP contribution is 2.34. The number of aromatic nitrogens is 3. The predicted molar refractivity (Wildman–Crippen MR) is 141 cm³/mol. The van der Waals surface area contributed by atoms with E-state index in [9.17, 15) is 9.59 Å². The van der Waals surface area contributed by atoms with Crippen LogP contribution in [-0.2, 0) is 22.2 Å². The van der Waals surface area contributed by atoms with Gasteiger partial charge in [0.05, 0.1) is 5.92 Å². The van der Waals surface area contributed by atoms with Crippen LogP contribution in [0.2, 0.25) is 0 Å². The zero-order chi connectivity index (χ0) is 26.3. The molecule has 2 aliphatic rings. The number of carbonyl (C=O) groups is 2. The third kappa shape index (κ3) is 5.98. The number of hydrogen-bond donors (Lipinski definition) is 2. The standard InChI is InChI=1S/C29H42N4O3/c1-28(2,3)21-12-19(13-22(16-21)29(4,5)6)25-31-24(26(34)30-23-14-20(15-23)27(35)36)32-33(25)17-18-10-8-7-9-11-18/h12-13,16,18,20,23H,7-11,14-15,17H2,1-6H3,(H,30,34)(H,35,36). The van der Waals surface area contributed by atoms with E-state index in [1.54, 1.807) is 0 Å². The second-order valence-corrected chi connectivity index (χ2v) is 12.9. The maximum Gasteiger partial charge on any atom is 0.306 e. The fourth-order valence-corrected chi connectivity index (χ4v) is 5.20. The molecule has 0 unspecified atom stereocenters. The molecule has 7 nitrogen and oxygen atoms in total. The van der Waals surface area contributed by atoms with Gasteiger partial charge in [-0.1, -0.05) is 66.9 Å². The summed E-state index contributed by atoms with van der Waals surface area (Å²) in [5.74, 6) is -0.0662. The molecular weight excluding hydrogens is 452 g/mol. The molecule has 196 valence electrons. The molecule has 7 heteroatoms. The van der Waals surface area contributed by atoms with Crippen molar-refractivity contribution >= 4 is 11.9 Å². The zero-order valence-electron chi connectivity index (χ0n) is 22.7. The summed E-state index contributed by atoms with van der Waals surface area (Å²) in [5.41, 5.74) is 3.39. The largest absolute Gasteiger partial charge is 0.481 e. The Bertz CT molecular complexity index is 1080. The molecule has 0 aliphatic heterocycles. The number of carboxylic acid groups (broad SMARTS) is 1.